The number of nitrogens with zero attached hydrogens (tertiary/aromatic N) is 1. The molecule has 4 rings (SSSR count). The van der Waals surface area contributed by atoms with Gasteiger partial charge in [-0.15, -0.1) is 0 Å². The van der Waals surface area contributed by atoms with Crippen LogP contribution in [0.5, 0.6) is 0 Å². The third-order valence-electron chi connectivity index (χ3n) is 4.34. The molecule has 0 amide bonds. The lowest BCUT2D eigenvalue weighted by Gasteiger charge is -2.28. The van der Waals surface area contributed by atoms with Gasteiger partial charge in [0.05, 0.1) is 13.2 Å². The summed E-state index contributed by atoms with van der Waals surface area (Å²) in [5.41, 5.74) is 1.29. The highest BCUT2D eigenvalue weighted by Crippen LogP contribution is 2.29. The summed E-state index contributed by atoms with van der Waals surface area (Å²) in [4.78, 5) is 14.2. The second-order valence-corrected chi connectivity index (χ2v) is 7.52. The van der Waals surface area contributed by atoms with Crippen molar-refractivity contribution in [2.45, 2.75) is 5.75 Å². The first kappa shape index (κ1) is 16.6. The fourth-order valence-electron chi connectivity index (χ4n) is 3.05. The van der Waals surface area contributed by atoms with E-state index in [1.807, 2.05) is 30.3 Å². The van der Waals surface area contributed by atoms with E-state index in [1.54, 1.807) is 17.8 Å². The normalized spacial score (nSPS) is 15.0. The van der Waals surface area contributed by atoms with E-state index in [4.69, 9.17) is 21.4 Å². The van der Waals surface area contributed by atoms with Gasteiger partial charge in [0, 0.05) is 35.7 Å². The first-order valence-electron chi connectivity index (χ1n) is 8.16. The van der Waals surface area contributed by atoms with Gasteiger partial charge in [0.2, 0.25) is 0 Å². The summed E-state index contributed by atoms with van der Waals surface area (Å²) in [5, 5.41) is 2.99. The van der Waals surface area contributed by atoms with Crippen molar-refractivity contribution in [3.05, 3.63) is 58.4 Å². The minimum atomic E-state index is -0.322. The molecule has 1 saturated heterocycles. The first-order chi connectivity index (χ1) is 12.2. The van der Waals surface area contributed by atoms with E-state index in [0.29, 0.717) is 24.5 Å². The molecule has 1 aliphatic heterocycles. The molecule has 0 unspecified atom stereocenters. The zero-order valence-electron chi connectivity index (χ0n) is 13.6. The molecule has 128 valence electrons. The van der Waals surface area contributed by atoms with Crippen LogP contribution < -0.4 is 5.63 Å². The SMILES string of the molecule is O=c1cc(CSC(=S)N2CCOCC2)c2ccc3ccccc3c2o1. The maximum absolute atomic E-state index is 12.1. The van der Waals surface area contributed by atoms with Crippen molar-refractivity contribution in [3.63, 3.8) is 0 Å². The van der Waals surface area contributed by atoms with Crippen molar-refractivity contribution in [2.24, 2.45) is 0 Å². The monoisotopic (exact) mass is 371 g/mol. The van der Waals surface area contributed by atoms with Crippen LogP contribution in [0.3, 0.4) is 0 Å². The fourth-order valence-corrected chi connectivity index (χ4v) is 4.29. The lowest BCUT2D eigenvalue weighted by molar-refractivity contribution is 0.0702. The average molecular weight is 371 g/mol. The number of rotatable bonds is 2. The van der Waals surface area contributed by atoms with Gasteiger partial charge in [0.1, 0.15) is 9.90 Å². The van der Waals surface area contributed by atoms with Crippen molar-refractivity contribution < 1.29 is 9.15 Å². The second kappa shape index (κ2) is 7.15. The van der Waals surface area contributed by atoms with Crippen LogP contribution in [-0.4, -0.2) is 35.5 Å². The van der Waals surface area contributed by atoms with Gasteiger partial charge in [-0.1, -0.05) is 60.4 Å². The highest BCUT2D eigenvalue weighted by atomic mass is 32.2. The number of thioether (sulfide) groups is 1. The topological polar surface area (TPSA) is 42.7 Å². The van der Waals surface area contributed by atoms with Gasteiger partial charge in [-0.2, -0.15) is 0 Å². The standard InChI is InChI=1S/C19H17NO3S2/c21-17-11-14(12-25-19(24)20-7-9-22-10-8-20)16-6-5-13-3-1-2-4-15(13)18(16)23-17/h1-6,11H,7-10,12H2. The minimum absolute atomic E-state index is 0.322. The van der Waals surface area contributed by atoms with Gasteiger partial charge in [0.25, 0.3) is 0 Å². The molecule has 0 atom stereocenters. The molecule has 1 aromatic heterocycles. The maximum atomic E-state index is 12.1. The highest BCUT2D eigenvalue weighted by molar-refractivity contribution is 8.22. The Morgan fingerprint density at radius 3 is 2.76 bits per heavy atom. The predicted molar refractivity (Wildman–Crippen MR) is 106 cm³/mol. The van der Waals surface area contributed by atoms with Crippen LogP contribution in [0.2, 0.25) is 0 Å². The molecule has 2 aromatic carbocycles. The molecule has 3 aromatic rings. The number of ether oxygens (including phenoxy) is 1. The van der Waals surface area contributed by atoms with Crippen molar-refractivity contribution in [3.8, 4) is 0 Å². The Morgan fingerprint density at radius 1 is 1.12 bits per heavy atom. The Labute approximate surface area is 154 Å². The summed E-state index contributed by atoms with van der Waals surface area (Å²) in [5.74, 6) is 0.649. The molecule has 4 nitrogen and oxygen atoms in total. The summed E-state index contributed by atoms with van der Waals surface area (Å²) < 4.78 is 11.7. The second-order valence-electron chi connectivity index (χ2n) is 5.91. The van der Waals surface area contributed by atoms with Crippen LogP contribution in [0.15, 0.2) is 51.7 Å². The minimum Gasteiger partial charge on any atom is -0.422 e. The van der Waals surface area contributed by atoms with Crippen LogP contribution in [0.1, 0.15) is 5.56 Å². The third-order valence-corrected chi connectivity index (χ3v) is 5.91. The zero-order chi connectivity index (χ0) is 17.2. The van der Waals surface area contributed by atoms with Crippen molar-refractivity contribution in [1.82, 2.24) is 4.90 Å². The number of benzene rings is 2. The van der Waals surface area contributed by atoms with Crippen LogP contribution >= 0.6 is 24.0 Å². The van der Waals surface area contributed by atoms with E-state index in [1.165, 1.54) is 0 Å². The maximum Gasteiger partial charge on any atom is 0.336 e. The Morgan fingerprint density at radius 2 is 1.92 bits per heavy atom. The number of hydrogen-bond acceptors (Lipinski definition) is 5. The van der Waals surface area contributed by atoms with Gasteiger partial charge in [-0.3, -0.25) is 0 Å². The molecular weight excluding hydrogens is 354 g/mol. The molecule has 1 aliphatic rings. The predicted octanol–water partition coefficient (Wildman–Crippen LogP) is 3.80. The average Bonchev–Trinajstić information content (AvgIpc) is 2.66. The Hall–Kier alpha value is -1.89. The molecular formula is C19H17NO3S2. The number of thiocarbonyl (C=S) groups is 1. The molecule has 0 N–H and O–H groups in total. The van der Waals surface area contributed by atoms with E-state index in [-0.39, 0.29) is 5.63 Å². The summed E-state index contributed by atoms with van der Waals surface area (Å²) in [6, 6.07) is 13.6. The van der Waals surface area contributed by atoms with E-state index >= 15 is 0 Å². The smallest absolute Gasteiger partial charge is 0.336 e. The Balaban J connectivity index is 1.66. The Kier molecular flexibility index (Phi) is 4.74. The summed E-state index contributed by atoms with van der Waals surface area (Å²) in [6.45, 7) is 3.08. The summed E-state index contributed by atoms with van der Waals surface area (Å²) in [7, 11) is 0. The van der Waals surface area contributed by atoms with Gasteiger partial charge in [0.15, 0.2) is 0 Å². The van der Waals surface area contributed by atoms with E-state index in [9.17, 15) is 4.79 Å². The van der Waals surface area contributed by atoms with Crippen LogP contribution in [0.25, 0.3) is 21.7 Å². The van der Waals surface area contributed by atoms with Gasteiger partial charge < -0.3 is 14.1 Å². The Bertz CT molecular complexity index is 993. The third kappa shape index (κ3) is 3.42. The molecule has 0 radical (unpaired) electrons. The first-order valence-corrected chi connectivity index (χ1v) is 9.56. The molecule has 1 fully saturated rings. The lowest BCUT2D eigenvalue weighted by atomic mass is 10.0. The van der Waals surface area contributed by atoms with Gasteiger partial charge in [-0.25, -0.2) is 4.79 Å². The van der Waals surface area contributed by atoms with Crippen molar-refractivity contribution in [1.29, 1.82) is 0 Å². The molecule has 0 spiro atoms. The number of fused-ring (bicyclic) bond motifs is 3. The van der Waals surface area contributed by atoms with E-state index < -0.39 is 0 Å². The van der Waals surface area contributed by atoms with Crippen LogP contribution in [-0.2, 0) is 10.5 Å². The van der Waals surface area contributed by atoms with Crippen molar-refractivity contribution in [2.75, 3.05) is 26.3 Å². The van der Waals surface area contributed by atoms with E-state index in [2.05, 4.69) is 11.0 Å². The zero-order valence-corrected chi connectivity index (χ0v) is 15.2. The lowest BCUT2D eigenvalue weighted by Crippen LogP contribution is -2.38. The molecule has 25 heavy (non-hydrogen) atoms. The highest BCUT2D eigenvalue weighted by Gasteiger charge is 2.15. The molecule has 0 aliphatic carbocycles. The summed E-state index contributed by atoms with van der Waals surface area (Å²) in [6.07, 6.45) is 0. The molecule has 0 saturated carbocycles. The van der Waals surface area contributed by atoms with Crippen LogP contribution in [0.4, 0.5) is 0 Å². The van der Waals surface area contributed by atoms with Gasteiger partial charge in [-0.05, 0) is 10.9 Å². The molecule has 6 heteroatoms. The summed E-state index contributed by atoms with van der Waals surface area (Å²) >= 11 is 7.12. The quantitative estimate of drug-likeness (QED) is 0.388. The van der Waals surface area contributed by atoms with Gasteiger partial charge >= 0.3 is 5.63 Å². The fraction of sp³-hybridized carbons (Fsp3) is 0.263. The number of hydrogen-bond donors (Lipinski definition) is 0. The van der Waals surface area contributed by atoms with E-state index in [0.717, 1.165) is 39.1 Å². The largest absolute Gasteiger partial charge is 0.422 e. The molecule has 0 bridgehead atoms. The molecule has 2 heterocycles. The van der Waals surface area contributed by atoms with Crippen molar-refractivity contribution >= 4 is 50.0 Å². The number of morpholine rings is 1. The van der Waals surface area contributed by atoms with Crippen LogP contribution in [0, 0.1) is 0 Å².